The Morgan fingerprint density at radius 3 is 2.95 bits per heavy atom. The van der Waals surface area contributed by atoms with E-state index in [2.05, 4.69) is 28.8 Å². The molecule has 0 radical (unpaired) electrons. The van der Waals surface area contributed by atoms with Crippen molar-refractivity contribution in [2.24, 2.45) is 5.92 Å². The quantitative estimate of drug-likeness (QED) is 0.864. The van der Waals surface area contributed by atoms with Crippen molar-refractivity contribution in [2.75, 3.05) is 25.0 Å². The van der Waals surface area contributed by atoms with Gasteiger partial charge >= 0.3 is 6.61 Å². The van der Waals surface area contributed by atoms with E-state index < -0.39 is 6.61 Å². The second-order valence-electron chi connectivity index (χ2n) is 5.63. The van der Waals surface area contributed by atoms with Crippen LogP contribution in [0.1, 0.15) is 26.7 Å². The number of anilines is 1. The highest BCUT2D eigenvalue weighted by Crippen LogP contribution is 2.24. The first-order valence-electron chi connectivity index (χ1n) is 7.62. The average molecular weight is 298 g/mol. The van der Waals surface area contributed by atoms with E-state index in [1.807, 2.05) is 6.07 Å². The zero-order valence-corrected chi connectivity index (χ0v) is 12.7. The molecule has 0 bridgehead atoms. The molecular formula is C16H24F2N2O. The maximum absolute atomic E-state index is 12.2. The molecule has 118 valence electrons. The van der Waals surface area contributed by atoms with Gasteiger partial charge in [0.15, 0.2) is 0 Å². The van der Waals surface area contributed by atoms with Crippen LogP contribution in [0.5, 0.6) is 5.75 Å². The van der Waals surface area contributed by atoms with Gasteiger partial charge in [-0.25, -0.2) is 0 Å². The summed E-state index contributed by atoms with van der Waals surface area (Å²) in [6.45, 7) is 4.92. The highest BCUT2D eigenvalue weighted by molar-refractivity contribution is 5.48. The molecule has 1 fully saturated rings. The van der Waals surface area contributed by atoms with E-state index in [4.69, 9.17) is 0 Å². The minimum atomic E-state index is -2.78. The van der Waals surface area contributed by atoms with E-state index >= 15 is 0 Å². The van der Waals surface area contributed by atoms with Gasteiger partial charge in [0.1, 0.15) is 5.75 Å². The fourth-order valence-electron chi connectivity index (χ4n) is 2.93. The number of piperidine rings is 1. The highest BCUT2D eigenvalue weighted by atomic mass is 19.3. The van der Waals surface area contributed by atoms with Gasteiger partial charge in [0, 0.05) is 24.3 Å². The minimum absolute atomic E-state index is 0.195. The SMILES string of the molecule is CCN1CCCC(C(C)Nc2cccc(OC(F)F)c2)C1. The Kier molecular flexibility index (Phi) is 5.79. The molecule has 3 nitrogen and oxygen atoms in total. The van der Waals surface area contributed by atoms with Gasteiger partial charge < -0.3 is 15.0 Å². The van der Waals surface area contributed by atoms with Crippen molar-refractivity contribution in [1.29, 1.82) is 0 Å². The largest absolute Gasteiger partial charge is 0.435 e. The number of hydrogen-bond donors (Lipinski definition) is 1. The third kappa shape index (κ3) is 4.84. The standard InChI is InChI=1S/C16H24F2N2O/c1-3-20-9-5-6-13(11-20)12(2)19-14-7-4-8-15(10-14)21-16(17)18/h4,7-8,10,12-13,16,19H,3,5-6,9,11H2,1-2H3. The van der Waals surface area contributed by atoms with Crippen LogP contribution >= 0.6 is 0 Å². The van der Waals surface area contributed by atoms with Gasteiger partial charge in [-0.2, -0.15) is 8.78 Å². The van der Waals surface area contributed by atoms with E-state index in [1.165, 1.54) is 19.4 Å². The van der Waals surface area contributed by atoms with Gasteiger partial charge in [-0.1, -0.05) is 13.0 Å². The molecule has 1 aliphatic heterocycles. The highest BCUT2D eigenvalue weighted by Gasteiger charge is 2.23. The molecule has 1 saturated heterocycles. The van der Waals surface area contributed by atoms with Crippen LogP contribution < -0.4 is 10.1 Å². The summed E-state index contributed by atoms with van der Waals surface area (Å²) in [4.78, 5) is 2.46. The molecule has 21 heavy (non-hydrogen) atoms. The molecule has 2 unspecified atom stereocenters. The smallest absolute Gasteiger partial charge is 0.387 e. The summed E-state index contributed by atoms with van der Waals surface area (Å²) >= 11 is 0. The molecule has 1 aromatic carbocycles. The van der Waals surface area contributed by atoms with Gasteiger partial charge in [0.2, 0.25) is 0 Å². The molecule has 0 aliphatic carbocycles. The third-order valence-corrected chi connectivity index (χ3v) is 4.15. The fraction of sp³-hybridized carbons (Fsp3) is 0.625. The number of likely N-dealkylation sites (tertiary alicyclic amines) is 1. The molecule has 1 N–H and O–H groups in total. The Bertz CT molecular complexity index is 442. The minimum Gasteiger partial charge on any atom is -0.435 e. The summed E-state index contributed by atoms with van der Waals surface area (Å²) in [6, 6.07) is 7.09. The van der Waals surface area contributed by atoms with Crippen LogP contribution in [0.2, 0.25) is 0 Å². The Balaban J connectivity index is 1.94. The zero-order valence-electron chi connectivity index (χ0n) is 12.7. The monoisotopic (exact) mass is 298 g/mol. The molecular weight excluding hydrogens is 274 g/mol. The number of ether oxygens (including phenoxy) is 1. The van der Waals surface area contributed by atoms with Gasteiger partial charge in [0.05, 0.1) is 0 Å². The summed E-state index contributed by atoms with van der Waals surface area (Å²) in [6.07, 6.45) is 2.43. The maximum Gasteiger partial charge on any atom is 0.387 e. The third-order valence-electron chi connectivity index (χ3n) is 4.15. The van der Waals surface area contributed by atoms with Crippen molar-refractivity contribution in [3.05, 3.63) is 24.3 Å². The second-order valence-corrected chi connectivity index (χ2v) is 5.63. The summed E-state index contributed by atoms with van der Waals surface area (Å²) in [5.74, 6) is 0.777. The van der Waals surface area contributed by atoms with Crippen LogP contribution in [0.25, 0.3) is 0 Å². The van der Waals surface area contributed by atoms with Crippen molar-refractivity contribution in [3.8, 4) is 5.75 Å². The first-order chi connectivity index (χ1) is 10.1. The van der Waals surface area contributed by atoms with Crippen LogP contribution in [-0.4, -0.2) is 37.2 Å². The molecule has 2 rings (SSSR count). The molecule has 5 heteroatoms. The number of alkyl halides is 2. The first-order valence-corrected chi connectivity index (χ1v) is 7.62. The number of nitrogens with zero attached hydrogens (tertiary/aromatic N) is 1. The average Bonchev–Trinajstić information content (AvgIpc) is 2.47. The zero-order chi connectivity index (χ0) is 15.2. The van der Waals surface area contributed by atoms with Crippen molar-refractivity contribution in [2.45, 2.75) is 39.3 Å². The Morgan fingerprint density at radius 2 is 2.24 bits per heavy atom. The Morgan fingerprint density at radius 1 is 1.43 bits per heavy atom. The van der Waals surface area contributed by atoms with Crippen molar-refractivity contribution < 1.29 is 13.5 Å². The van der Waals surface area contributed by atoms with E-state index in [9.17, 15) is 8.78 Å². The van der Waals surface area contributed by atoms with Crippen molar-refractivity contribution in [3.63, 3.8) is 0 Å². The molecule has 0 aromatic heterocycles. The normalized spacial score (nSPS) is 21.3. The molecule has 0 saturated carbocycles. The lowest BCUT2D eigenvalue weighted by molar-refractivity contribution is -0.0498. The topological polar surface area (TPSA) is 24.5 Å². The summed E-state index contributed by atoms with van der Waals surface area (Å²) in [5.41, 5.74) is 0.828. The van der Waals surface area contributed by atoms with E-state index in [0.29, 0.717) is 12.0 Å². The van der Waals surface area contributed by atoms with Crippen LogP contribution in [0.15, 0.2) is 24.3 Å². The van der Waals surface area contributed by atoms with Crippen LogP contribution in [0, 0.1) is 5.92 Å². The van der Waals surface area contributed by atoms with Gasteiger partial charge in [0.25, 0.3) is 0 Å². The van der Waals surface area contributed by atoms with Crippen LogP contribution in [-0.2, 0) is 0 Å². The Hall–Kier alpha value is -1.36. The fourth-order valence-corrected chi connectivity index (χ4v) is 2.93. The second kappa shape index (κ2) is 7.59. The predicted octanol–water partition coefficient (Wildman–Crippen LogP) is 3.82. The number of rotatable bonds is 6. The maximum atomic E-state index is 12.2. The first kappa shape index (κ1) is 16.0. The van der Waals surface area contributed by atoms with Crippen molar-refractivity contribution in [1.82, 2.24) is 4.90 Å². The molecule has 2 atom stereocenters. The number of nitrogens with one attached hydrogen (secondary N) is 1. The summed E-state index contributed by atoms with van der Waals surface area (Å²) < 4.78 is 28.9. The summed E-state index contributed by atoms with van der Waals surface area (Å²) in [7, 11) is 0. The van der Waals surface area contributed by atoms with Crippen molar-refractivity contribution >= 4 is 5.69 Å². The van der Waals surface area contributed by atoms with E-state index in [-0.39, 0.29) is 5.75 Å². The lowest BCUT2D eigenvalue weighted by atomic mass is 9.91. The summed E-state index contributed by atoms with van der Waals surface area (Å²) in [5, 5.41) is 3.42. The van der Waals surface area contributed by atoms with E-state index in [0.717, 1.165) is 18.8 Å². The number of benzene rings is 1. The van der Waals surface area contributed by atoms with Crippen LogP contribution in [0.3, 0.4) is 0 Å². The van der Waals surface area contributed by atoms with Gasteiger partial charge in [-0.15, -0.1) is 0 Å². The molecule has 0 spiro atoms. The molecule has 0 amide bonds. The number of hydrogen-bond acceptors (Lipinski definition) is 3. The lowest BCUT2D eigenvalue weighted by Gasteiger charge is -2.35. The Labute approximate surface area is 125 Å². The van der Waals surface area contributed by atoms with Crippen LogP contribution in [0.4, 0.5) is 14.5 Å². The molecule has 1 heterocycles. The van der Waals surface area contributed by atoms with Gasteiger partial charge in [-0.3, -0.25) is 0 Å². The molecule has 1 aromatic rings. The predicted molar refractivity (Wildman–Crippen MR) is 81.0 cm³/mol. The lowest BCUT2D eigenvalue weighted by Crippen LogP contribution is -2.41. The van der Waals surface area contributed by atoms with E-state index in [1.54, 1.807) is 18.2 Å². The molecule has 1 aliphatic rings. The number of halogens is 2. The van der Waals surface area contributed by atoms with Gasteiger partial charge in [-0.05, 0) is 50.9 Å².